The minimum Gasteiger partial charge on any atom is -0.481 e. The van der Waals surface area contributed by atoms with E-state index < -0.39 is 5.97 Å². The predicted octanol–water partition coefficient (Wildman–Crippen LogP) is 2.32. The molecular weight excluding hydrogens is 377 g/mol. The SMILES string of the molecule is O=C(O)CC1CSCCN1C(=O)c1cccc(I)c1. The Bertz CT molecular complexity index is 495. The highest BCUT2D eigenvalue weighted by Crippen LogP contribution is 2.22. The van der Waals surface area contributed by atoms with Crippen molar-refractivity contribution < 1.29 is 14.7 Å². The Morgan fingerprint density at radius 3 is 2.95 bits per heavy atom. The number of benzene rings is 1. The van der Waals surface area contributed by atoms with Gasteiger partial charge >= 0.3 is 5.97 Å². The van der Waals surface area contributed by atoms with Crippen LogP contribution in [0.15, 0.2) is 24.3 Å². The number of amides is 1. The van der Waals surface area contributed by atoms with Crippen molar-refractivity contribution in [2.75, 3.05) is 18.1 Å². The second-order valence-electron chi connectivity index (χ2n) is 4.34. The van der Waals surface area contributed by atoms with Crippen LogP contribution in [0.5, 0.6) is 0 Å². The van der Waals surface area contributed by atoms with Gasteiger partial charge in [0.15, 0.2) is 0 Å². The molecule has 6 heteroatoms. The van der Waals surface area contributed by atoms with Gasteiger partial charge in [0, 0.05) is 27.2 Å². The van der Waals surface area contributed by atoms with Crippen molar-refractivity contribution in [3.63, 3.8) is 0 Å². The fourth-order valence-electron chi connectivity index (χ4n) is 2.08. The zero-order valence-corrected chi connectivity index (χ0v) is 13.2. The lowest BCUT2D eigenvalue weighted by Gasteiger charge is -2.34. The summed E-state index contributed by atoms with van der Waals surface area (Å²) >= 11 is 3.87. The van der Waals surface area contributed by atoms with Gasteiger partial charge < -0.3 is 10.0 Å². The van der Waals surface area contributed by atoms with Gasteiger partial charge in [0.2, 0.25) is 0 Å². The number of thioether (sulfide) groups is 1. The fourth-order valence-corrected chi connectivity index (χ4v) is 3.69. The van der Waals surface area contributed by atoms with Crippen molar-refractivity contribution in [3.8, 4) is 0 Å². The summed E-state index contributed by atoms with van der Waals surface area (Å²) in [6.45, 7) is 0.618. The summed E-state index contributed by atoms with van der Waals surface area (Å²) < 4.78 is 1.00. The molecule has 19 heavy (non-hydrogen) atoms. The molecule has 0 aliphatic carbocycles. The molecule has 1 aliphatic rings. The quantitative estimate of drug-likeness (QED) is 0.804. The van der Waals surface area contributed by atoms with Crippen LogP contribution in [0.4, 0.5) is 0 Å². The number of halogens is 1. The van der Waals surface area contributed by atoms with Gasteiger partial charge in [0.25, 0.3) is 5.91 Å². The molecule has 102 valence electrons. The Morgan fingerprint density at radius 2 is 2.26 bits per heavy atom. The summed E-state index contributed by atoms with van der Waals surface area (Å²) in [6, 6.07) is 7.19. The Kier molecular flexibility index (Phi) is 5.09. The van der Waals surface area contributed by atoms with Crippen LogP contribution in [-0.4, -0.2) is 46.0 Å². The second-order valence-corrected chi connectivity index (χ2v) is 6.73. The molecule has 2 rings (SSSR count). The van der Waals surface area contributed by atoms with Gasteiger partial charge in [-0.2, -0.15) is 11.8 Å². The molecule has 1 aliphatic heterocycles. The topological polar surface area (TPSA) is 57.6 Å². The van der Waals surface area contributed by atoms with Gasteiger partial charge in [-0.05, 0) is 40.8 Å². The number of rotatable bonds is 3. The van der Waals surface area contributed by atoms with E-state index in [0.717, 1.165) is 9.32 Å². The lowest BCUT2D eigenvalue weighted by molar-refractivity contribution is -0.138. The standard InChI is InChI=1S/C13H14INO3S/c14-10-3-1-2-9(6-10)13(18)15-4-5-19-8-11(15)7-12(16)17/h1-3,6,11H,4-5,7-8H2,(H,16,17). The minimum atomic E-state index is -0.854. The fraction of sp³-hybridized carbons (Fsp3) is 0.385. The van der Waals surface area contributed by atoms with E-state index in [4.69, 9.17) is 5.11 Å². The van der Waals surface area contributed by atoms with Crippen molar-refractivity contribution in [3.05, 3.63) is 33.4 Å². The van der Waals surface area contributed by atoms with Crippen LogP contribution in [0.1, 0.15) is 16.8 Å². The van der Waals surface area contributed by atoms with Crippen LogP contribution in [0.25, 0.3) is 0 Å². The molecule has 4 nitrogen and oxygen atoms in total. The summed E-state index contributed by atoms with van der Waals surface area (Å²) in [6.07, 6.45) is 0.0165. The van der Waals surface area contributed by atoms with Gasteiger partial charge in [0.05, 0.1) is 12.5 Å². The maximum Gasteiger partial charge on any atom is 0.305 e. The monoisotopic (exact) mass is 391 g/mol. The number of carboxylic acid groups (broad SMARTS) is 1. The van der Waals surface area contributed by atoms with Crippen molar-refractivity contribution >= 4 is 46.2 Å². The van der Waals surface area contributed by atoms with E-state index in [1.165, 1.54) is 0 Å². The number of carbonyl (C=O) groups is 2. The van der Waals surface area contributed by atoms with Crippen molar-refractivity contribution in [2.45, 2.75) is 12.5 Å². The van der Waals surface area contributed by atoms with E-state index in [1.54, 1.807) is 22.7 Å². The third-order valence-electron chi connectivity index (χ3n) is 2.97. The molecule has 0 saturated carbocycles. The summed E-state index contributed by atoms with van der Waals surface area (Å²) in [5, 5.41) is 8.93. The molecule has 0 bridgehead atoms. The highest BCUT2D eigenvalue weighted by Gasteiger charge is 2.29. The second kappa shape index (κ2) is 6.60. The zero-order chi connectivity index (χ0) is 13.8. The summed E-state index contributed by atoms with van der Waals surface area (Å²) in [5.41, 5.74) is 0.634. The van der Waals surface area contributed by atoms with Gasteiger partial charge in [-0.15, -0.1) is 0 Å². The number of hydrogen-bond donors (Lipinski definition) is 1. The molecule has 1 aromatic rings. The van der Waals surface area contributed by atoms with E-state index in [0.29, 0.717) is 17.9 Å². The van der Waals surface area contributed by atoms with Gasteiger partial charge in [-0.1, -0.05) is 6.07 Å². The summed E-state index contributed by atoms with van der Waals surface area (Å²) in [5.74, 6) is 0.645. The van der Waals surface area contributed by atoms with Crippen LogP contribution in [0.2, 0.25) is 0 Å². The summed E-state index contributed by atoms with van der Waals surface area (Å²) in [4.78, 5) is 25.0. The number of carboxylic acids is 1. The molecule has 1 aromatic carbocycles. The number of carbonyl (C=O) groups excluding carboxylic acids is 1. The van der Waals surface area contributed by atoms with E-state index in [2.05, 4.69) is 22.6 Å². The third kappa shape index (κ3) is 3.85. The first-order valence-electron chi connectivity index (χ1n) is 5.94. The third-order valence-corrected chi connectivity index (χ3v) is 4.73. The molecule has 0 radical (unpaired) electrons. The highest BCUT2D eigenvalue weighted by atomic mass is 127. The van der Waals surface area contributed by atoms with Crippen LogP contribution in [0, 0.1) is 3.57 Å². The van der Waals surface area contributed by atoms with Crippen LogP contribution in [-0.2, 0) is 4.79 Å². The first-order valence-corrected chi connectivity index (χ1v) is 8.17. The van der Waals surface area contributed by atoms with E-state index in [-0.39, 0.29) is 18.4 Å². The van der Waals surface area contributed by atoms with E-state index in [1.807, 2.05) is 18.2 Å². The smallest absolute Gasteiger partial charge is 0.305 e. The molecule has 0 aromatic heterocycles. The Labute approximate surface area is 129 Å². The molecule has 1 amide bonds. The highest BCUT2D eigenvalue weighted by molar-refractivity contribution is 14.1. The molecule has 1 heterocycles. The van der Waals surface area contributed by atoms with Crippen molar-refractivity contribution in [1.82, 2.24) is 4.90 Å². The average molecular weight is 391 g/mol. The Morgan fingerprint density at radius 1 is 1.47 bits per heavy atom. The van der Waals surface area contributed by atoms with Crippen LogP contribution < -0.4 is 0 Å². The molecule has 1 N–H and O–H groups in total. The molecular formula is C13H14INO3S. The minimum absolute atomic E-state index is 0.0165. The largest absolute Gasteiger partial charge is 0.481 e. The van der Waals surface area contributed by atoms with E-state index in [9.17, 15) is 9.59 Å². The van der Waals surface area contributed by atoms with Crippen molar-refractivity contribution in [2.24, 2.45) is 0 Å². The molecule has 1 atom stereocenters. The van der Waals surface area contributed by atoms with Gasteiger partial charge in [-0.25, -0.2) is 0 Å². The van der Waals surface area contributed by atoms with E-state index >= 15 is 0 Å². The maximum atomic E-state index is 12.5. The first kappa shape index (κ1) is 14.6. The van der Waals surface area contributed by atoms with Crippen LogP contribution in [0.3, 0.4) is 0 Å². The Hall–Kier alpha value is -0.760. The molecule has 0 spiro atoms. The molecule has 1 fully saturated rings. The maximum absolute atomic E-state index is 12.5. The molecule has 1 saturated heterocycles. The lowest BCUT2D eigenvalue weighted by Crippen LogP contribution is -2.47. The molecule has 1 unspecified atom stereocenters. The summed E-state index contributed by atoms with van der Waals surface area (Å²) in [7, 11) is 0. The van der Waals surface area contributed by atoms with Gasteiger partial charge in [0.1, 0.15) is 0 Å². The normalized spacial score (nSPS) is 19.2. The average Bonchev–Trinajstić information content (AvgIpc) is 2.38. The van der Waals surface area contributed by atoms with Crippen LogP contribution >= 0.6 is 34.4 Å². The van der Waals surface area contributed by atoms with Gasteiger partial charge in [-0.3, -0.25) is 9.59 Å². The number of hydrogen-bond acceptors (Lipinski definition) is 3. The number of nitrogens with zero attached hydrogens (tertiary/aromatic N) is 1. The first-order chi connectivity index (χ1) is 9.08. The predicted molar refractivity (Wildman–Crippen MR) is 83.6 cm³/mol. The zero-order valence-electron chi connectivity index (χ0n) is 10.2. The Balaban J connectivity index is 2.17. The number of aliphatic carboxylic acids is 1. The lowest BCUT2D eigenvalue weighted by atomic mass is 10.1. The van der Waals surface area contributed by atoms with Crippen molar-refractivity contribution in [1.29, 1.82) is 0 Å².